The van der Waals surface area contributed by atoms with Gasteiger partial charge >= 0.3 is 11.9 Å². The summed E-state index contributed by atoms with van der Waals surface area (Å²) in [5.41, 5.74) is 10.2. The van der Waals surface area contributed by atoms with Crippen molar-refractivity contribution in [3.8, 4) is 0 Å². The van der Waals surface area contributed by atoms with Crippen molar-refractivity contribution in [1.29, 1.82) is 0 Å². The van der Waals surface area contributed by atoms with Gasteiger partial charge in [-0.2, -0.15) is 0 Å². The van der Waals surface area contributed by atoms with E-state index >= 15 is 0 Å². The van der Waals surface area contributed by atoms with Gasteiger partial charge in [-0.1, -0.05) is 24.3 Å². The summed E-state index contributed by atoms with van der Waals surface area (Å²) in [4.78, 5) is 34.9. The van der Waals surface area contributed by atoms with E-state index in [0.717, 1.165) is 13.0 Å². The van der Waals surface area contributed by atoms with Crippen molar-refractivity contribution in [3.63, 3.8) is 0 Å². The first-order valence-corrected chi connectivity index (χ1v) is 10.0. The lowest BCUT2D eigenvalue weighted by molar-refractivity contribution is 0.0599. The van der Waals surface area contributed by atoms with Gasteiger partial charge in [0, 0.05) is 18.8 Å². The third kappa shape index (κ3) is 4.18. The lowest BCUT2D eigenvalue weighted by atomic mass is 10.00. The first-order chi connectivity index (χ1) is 15.5. The molecule has 3 N–H and O–H groups in total. The summed E-state index contributed by atoms with van der Waals surface area (Å²) in [7, 11) is 2.54. The molecule has 9 heteroatoms. The number of hydrogen-bond acceptors (Lipinski definition) is 9. The minimum atomic E-state index is -0.581. The van der Waals surface area contributed by atoms with E-state index in [4.69, 9.17) is 15.2 Å². The number of fused-ring (bicyclic) bond motifs is 1. The predicted molar refractivity (Wildman–Crippen MR) is 120 cm³/mol. The van der Waals surface area contributed by atoms with Crippen LogP contribution in [0.25, 0.3) is 0 Å². The molecule has 4 rings (SSSR count). The molecule has 2 heterocycles. The maximum absolute atomic E-state index is 12.1. The molecule has 1 aliphatic rings. The number of carbonyl (C=O) groups is 2. The number of nitrogens with zero attached hydrogens (tertiary/aromatic N) is 3. The monoisotopic (exact) mass is 433 g/mol. The van der Waals surface area contributed by atoms with Crippen LogP contribution in [0, 0.1) is 0 Å². The minimum Gasteiger partial charge on any atom is -0.465 e. The van der Waals surface area contributed by atoms with Crippen LogP contribution in [0.5, 0.6) is 0 Å². The summed E-state index contributed by atoms with van der Waals surface area (Å²) in [6.45, 7) is 1.48. The number of ether oxygens (including phenoxy) is 2. The number of nitrogen functional groups attached to an aromatic ring is 1. The van der Waals surface area contributed by atoms with E-state index < -0.39 is 11.9 Å². The highest BCUT2D eigenvalue weighted by Crippen LogP contribution is 2.32. The van der Waals surface area contributed by atoms with Crippen LogP contribution in [-0.2, 0) is 22.4 Å². The van der Waals surface area contributed by atoms with Crippen LogP contribution in [0.15, 0.2) is 48.8 Å². The van der Waals surface area contributed by atoms with Gasteiger partial charge in [0.25, 0.3) is 0 Å². The highest BCUT2D eigenvalue weighted by atomic mass is 16.5. The van der Waals surface area contributed by atoms with Crippen molar-refractivity contribution < 1.29 is 19.1 Å². The Morgan fingerprint density at radius 3 is 2.31 bits per heavy atom. The van der Waals surface area contributed by atoms with Crippen LogP contribution in [-0.4, -0.2) is 42.7 Å². The molecule has 0 unspecified atom stereocenters. The smallest absolute Gasteiger partial charge is 0.337 e. The lowest BCUT2D eigenvalue weighted by Gasteiger charge is -2.30. The van der Waals surface area contributed by atoms with E-state index in [1.165, 1.54) is 37.7 Å². The predicted octanol–water partition coefficient (Wildman–Crippen LogP) is 2.94. The number of carbonyl (C=O) groups excluding carboxylic acids is 2. The maximum atomic E-state index is 12.1. The Balaban J connectivity index is 1.65. The molecule has 0 saturated carbocycles. The quantitative estimate of drug-likeness (QED) is 0.585. The van der Waals surface area contributed by atoms with Crippen LogP contribution >= 0.6 is 0 Å². The van der Waals surface area contributed by atoms with Crippen molar-refractivity contribution in [1.82, 2.24) is 9.97 Å². The third-order valence-corrected chi connectivity index (χ3v) is 5.33. The molecule has 164 valence electrons. The summed E-state index contributed by atoms with van der Waals surface area (Å²) in [5.74, 6) is -0.176. The highest BCUT2D eigenvalue weighted by Gasteiger charge is 2.21. The number of rotatable bonds is 5. The van der Waals surface area contributed by atoms with Crippen molar-refractivity contribution in [2.75, 3.05) is 36.7 Å². The third-order valence-electron chi connectivity index (χ3n) is 5.33. The fourth-order valence-electron chi connectivity index (χ4n) is 3.72. The molecule has 0 saturated heterocycles. The number of anilines is 4. The van der Waals surface area contributed by atoms with Gasteiger partial charge in [0.2, 0.25) is 0 Å². The first-order valence-electron chi connectivity index (χ1n) is 10.0. The number of benzene rings is 2. The summed E-state index contributed by atoms with van der Waals surface area (Å²) < 4.78 is 9.57. The topological polar surface area (TPSA) is 120 Å². The normalized spacial score (nSPS) is 12.6. The summed E-state index contributed by atoms with van der Waals surface area (Å²) in [6.07, 6.45) is 2.33. The lowest BCUT2D eigenvalue weighted by Crippen LogP contribution is -2.31. The van der Waals surface area contributed by atoms with Gasteiger partial charge in [0.1, 0.15) is 12.0 Å². The van der Waals surface area contributed by atoms with E-state index in [1.54, 1.807) is 12.1 Å². The largest absolute Gasteiger partial charge is 0.465 e. The van der Waals surface area contributed by atoms with Gasteiger partial charge < -0.3 is 25.4 Å². The molecule has 1 aromatic heterocycles. The maximum Gasteiger partial charge on any atom is 0.337 e. The summed E-state index contributed by atoms with van der Waals surface area (Å²) in [6, 6.07) is 12.8. The molecule has 0 amide bonds. The second-order valence-corrected chi connectivity index (χ2v) is 7.31. The van der Waals surface area contributed by atoms with Crippen LogP contribution in [0.2, 0.25) is 0 Å². The number of methoxy groups -OCH3 is 2. The minimum absolute atomic E-state index is 0.193. The molecule has 2 aromatic carbocycles. The van der Waals surface area contributed by atoms with Crippen molar-refractivity contribution in [2.45, 2.75) is 13.0 Å². The molecular formula is C23H23N5O4. The van der Waals surface area contributed by atoms with E-state index in [1.807, 2.05) is 12.1 Å². The Kier molecular flexibility index (Phi) is 5.89. The zero-order valence-electron chi connectivity index (χ0n) is 17.8. The van der Waals surface area contributed by atoms with E-state index in [2.05, 4.69) is 32.3 Å². The molecule has 0 spiro atoms. The van der Waals surface area contributed by atoms with Crippen molar-refractivity contribution >= 4 is 34.9 Å². The van der Waals surface area contributed by atoms with Crippen LogP contribution < -0.4 is 16.0 Å². The molecule has 32 heavy (non-hydrogen) atoms. The molecule has 3 aromatic rings. The zero-order valence-corrected chi connectivity index (χ0v) is 17.8. The number of nitrogens with two attached hydrogens (primary N) is 1. The molecule has 0 fully saturated rings. The molecule has 0 atom stereocenters. The fourth-order valence-corrected chi connectivity index (χ4v) is 3.72. The van der Waals surface area contributed by atoms with Gasteiger partial charge in [-0.3, -0.25) is 0 Å². The Morgan fingerprint density at radius 1 is 1.00 bits per heavy atom. The van der Waals surface area contributed by atoms with Crippen LogP contribution in [0.3, 0.4) is 0 Å². The van der Waals surface area contributed by atoms with Gasteiger partial charge in [-0.15, -0.1) is 0 Å². The highest BCUT2D eigenvalue weighted by molar-refractivity contribution is 5.97. The number of nitrogens with one attached hydrogen (secondary N) is 1. The fraction of sp³-hybridized carbons (Fsp3) is 0.217. The van der Waals surface area contributed by atoms with Gasteiger partial charge in [0.05, 0.1) is 25.3 Å². The first kappa shape index (κ1) is 21.1. The standard InChI is InChI=1S/C23H23N5O4/c1-31-22(29)16-9-17(23(30)32-2)11-18(10-16)27-20-19(24)21(26-13-25-20)28-8-7-14-5-3-4-6-15(14)12-28/h3-6,9-11,13H,7-8,12,24H2,1-2H3,(H,25,26,27). The van der Waals surface area contributed by atoms with E-state index in [0.29, 0.717) is 29.6 Å². The second kappa shape index (κ2) is 8.93. The van der Waals surface area contributed by atoms with Crippen LogP contribution in [0.1, 0.15) is 31.8 Å². The Bertz CT molecular complexity index is 1150. The number of aromatic nitrogens is 2. The summed E-state index contributed by atoms with van der Waals surface area (Å²) >= 11 is 0. The SMILES string of the molecule is COC(=O)c1cc(Nc2ncnc(N3CCc4ccccc4C3)c2N)cc(C(=O)OC)c1. The molecule has 0 bridgehead atoms. The molecule has 9 nitrogen and oxygen atoms in total. The van der Waals surface area contributed by atoms with Gasteiger partial charge in [-0.25, -0.2) is 19.6 Å². The Morgan fingerprint density at radius 2 is 1.66 bits per heavy atom. The number of esters is 2. The summed E-state index contributed by atoms with van der Waals surface area (Å²) in [5, 5.41) is 3.09. The van der Waals surface area contributed by atoms with Crippen LogP contribution in [0.4, 0.5) is 23.0 Å². The van der Waals surface area contributed by atoms with Gasteiger partial charge in [0.15, 0.2) is 11.6 Å². The Hall–Kier alpha value is -4.14. The van der Waals surface area contributed by atoms with Crippen molar-refractivity contribution in [2.24, 2.45) is 0 Å². The molecule has 1 aliphatic heterocycles. The number of hydrogen-bond donors (Lipinski definition) is 2. The Labute approximate surface area is 185 Å². The molecule has 0 aliphatic carbocycles. The van der Waals surface area contributed by atoms with Gasteiger partial charge in [-0.05, 0) is 35.7 Å². The zero-order chi connectivity index (χ0) is 22.7. The molecular weight excluding hydrogens is 410 g/mol. The second-order valence-electron chi connectivity index (χ2n) is 7.31. The average molecular weight is 433 g/mol. The molecule has 0 radical (unpaired) electrons. The average Bonchev–Trinajstić information content (AvgIpc) is 2.83. The van der Waals surface area contributed by atoms with E-state index in [9.17, 15) is 9.59 Å². The van der Waals surface area contributed by atoms with Crippen molar-refractivity contribution in [3.05, 3.63) is 71.0 Å². The van der Waals surface area contributed by atoms with E-state index in [-0.39, 0.29) is 11.1 Å².